The number of likely N-dealkylation sites (N-methyl/N-ethyl adjacent to an activating group) is 1. The minimum atomic E-state index is -0.399. The highest BCUT2D eigenvalue weighted by Gasteiger charge is 2.13. The number of nitrogen functional groups attached to an aromatic ring is 1. The first-order valence-electron chi connectivity index (χ1n) is 9.85. The fraction of sp³-hybridized carbons (Fsp3) is 0.318. The van der Waals surface area contributed by atoms with Crippen LogP contribution in [-0.2, 0) is 4.79 Å². The lowest BCUT2D eigenvalue weighted by molar-refractivity contribution is -0.133. The second-order valence-corrected chi connectivity index (χ2v) is 6.28. The molecule has 0 radical (unpaired) electrons. The number of nitrogens with zero attached hydrogens (tertiary/aromatic N) is 2. The van der Waals surface area contributed by atoms with E-state index in [0.717, 1.165) is 0 Å². The SMILES string of the molecule is CCOc1cc(/C=N\NC(=O)c2ccccc2N)ccc1OCC(=O)N(CC)CC. The number of benzene rings is 2. The molecule has 2 aromatic rings. The number of hydrogen-bond acceptors (Lipinski definition) is 6. The maximum Gasteiger partial charge on any atom is 0.273 e. The van der Waals surface area contributed by atoms with E-state index in [1.165, 1.54) is 6.21 Å². The molecule has 2 rings (SSSR count). The van der Waals surface area contributed by atoms with Gasteiger partial charge in [-0.25, -0.2) is 5.43 Å². The number of hydrogen-bond donors (Lipinski definition) is 2. The third kappa shape index (κ3) is 6.23. The second-order valence-electron chi connectivity index (χ2n) is 6.28. The van der Waals surface area contributed by atoms with Crippen LogP contribution in [0.5, 0.6) is 11.5 Å². The zero-order valence-corrected chi connectivity index (χ0v) is 17.6. The van der Waals surface area contributed by atoms with Gasteiger partial charge in [0.05, 0.1) is 18.4 Å². The first kappa shape index (κ1) is 22.7. The van der Waals surface area contributed by atoms with E-state index < -0.39 is 5.91 Å². The molecular formula is C22H28N4O4. The minimum Gasteiger partial charge on any atom is -0.490 e. The molecule has 0 spiro atoms. The van der Waals surface area contributed by atoms with Crippen molar-refractivity contribution >= 4 is 23.7 Å². The Morgan fingerprint density at radius 2 is 1.80 bits per heavy atom. The van der Waals surface area contributed by atoms with Gasteiger partial charge in [0.25, 0.3) is 11.8 Å². The predicted octanol–water partition coefficient (Wildman–Crippen LogP) is 2.68. The fourth-order valence-corrected chi connectivity index (χ4v) is 2.73. The summed E-state index contributed by atoms with van der Waals surface area (Å²) in [4.78, 5) is 26.0. The molecule has 8 heteroatoms. The maximum atomic E-state index is 12.2. The lowest BCUT2D eigenvalue weighted by atomic mass is 10.2. The Kier molecular flexibility index (Phi) is 8.68. The van der Waals surface area contributed by atoms with Crippen molar-refractivity contribution in [3.05, 3.63) is 53.6 Å². The van der Waals surface area contributed by atoms with E-state index >= 15 is 0 Å². The fourth-order valence-electron chi connectivity index (χ4n) is 2.73. The minimum absolute atomic E-state index is 0.0657. The summed E-state index contributed by atoms with van der Waals surface area (Å²) in [7, 11) is 0. The van der Waals surface area contributed by atoms with Gasteiger partial charge in [0.2, 0.25) is 0 Å². The molecule has 0 fully saturated rings. The van der Waals surface area contributed by atoms with E-state index in [2.05, 4.69) is 10.5 Å². The van der Waals surface area contributed by atoms with Crippen LogP contribution in [0.15, 0.2) is 47.6 Å². The number of amides is 2. The molecule has 0 aromatic heterocycles. The summed E-state index contributed by atoms with van der Waals surface area (Å²) in [5.74, 6) is 0.475. The topological polar surface area (TPSA) is 106 Å². The Balaban J connectivity index is 2.05. The van der Waals surface area contributed by atoms with Gasteiger partial charge in [0, 0.05) is 18.8 Å². The Morgan fingerprint density at radius 1 is 1.07 bits per heavy atom. The summed E-state index contributed by atoms with van der Waals surface area (Å²) >= 11 is 0. The van der Waals surface area contributed by atoms with Crippen LogP contribution >= 0.6 is 0 Å². The average molecular weight is 412 g/mol. The summed E-state index contributed by atoms with van der Waals surface area (Å²) in [6.45, 7) is 7.34. The van der Waals surface area contributed by atoms with E-state index in [0.29, 0.717) is 48.0 Å². The first-order chi connectivity index (χ1) is 14.5. The average Bonchev–Trinajstić information content (AvgIpc) is 2.74. The van der Waals surface area contributed by atoms with Crippen LogP contribution in [0.3, 0.4) is 0 Å². The Morgan fingerprint density at radius 3 is 2.47 bits per heavy atom. The molecule has 30 heavy (non-hydrogen) atoms. The molecule has 0 unspecified atom stereocenters. The standard InChI is InChI=1S/C22H28N4O4/c1-4-26(5-2)21(27)15-30-19-12-11-16(13-20(19)29-6-3)14-24-25-22(28)17-9-7-8-10-18(17)23/h7-14H,4-6,15,23H2,1-3H3,(H,25,28)/b24-14-. The molecular weight excluding hydrogens is 384 g/mol. The maximum absolute atomic E-state index is 12.2. The molecule has 8 nitrogen and oxygen atoms in total. The zero-order valence-electron chi connectivity index (χ0n) is 17.6. The van der Waals surface area contributed by atoms with Gasteiger partial charge >= 0.3 is 0 Å². The Labute approximate surface area is 176 Å². The van der Waals surface area contributed by atoms with Gasteiger partial charge in [-0.15, -0.1) is 0 Å². The first-order valence-corrected chi connectivity index (χ1v) is 9.85. The Hall–Kier alpha value is -3.55. The van der Waals surface area contributed by atoms with Crippen molar-refractivity contribution in [2.24, 2.45) is 5.10 Å². The van der Waals surface area contributed by atoms with Crippen LogP contribution < -0.4 is 20.6 Å². The lowest BCUT2D eigenvalue weighted by Crippen LogP contribution is -2.34. The number of carbonyl (C=O) groups is 2. The summed E-state index contributed by atoms with van der Waals surface area (Å²) in [6, 6.07) is 11.9. The molecule has 3 N–H and O–H groups in total. The van der Waals surface area contributed by atoms with Gasteiger partial charge in [0.1, 0.15) is 0 Å². The number of carbonyl (C=O) groups excluding carboxylic acids is 2. The smallest absolute Gasteiger partial charge is 0.273 e. The lowest BCUT2D eigenvalue weighted by Gasteiger charge is -2.19. The van der Waals surface area contributed by atoms with E-state index in [-0.39, 0.29) is 12.5 Å². The summed E-state index contributed by atoms with van der Waals surface area (Å²) < 4.78 is 11.3. The molecule has 0 aliphatic rings. The molecule has 0 aliphatic carbocycles. The van der Waals surface area contributed by atoms with Gasteiger partial charge in [-0.05, 0) is 56.7 Å². The van der Waals surface area contributed by atoms with E-state index in [1.807, 2.05) is 20.8 Å². The molecule has 0 bridgehead atoms. The van der Waals surface area contributed by atoms with Gasteiger partial charge in [0.15, 0.2) is 18.1 Å². The normalized spacial score (nSPS) is 10.6. The van der Waals surface area contributed by atoms with E-state index in [9.17, 15) is 9.59 Å². The van der Waals surface area contributed by atoms with Crippen molar-refractivity contribution in [1.82, 2.24) is 10.3 Å². The van der Waals surface area contributed by atoms with Gasteiger partial charge < -0.3 is 20.1 Å². The molecule has 2 amide bonds. The van der Waals surface area contributed by atoms with Crippen LogP contribution in [0.2, 0.25) is 0 Å². The van der Waals surface area contributed by atoms with Crippen molar-refractivity contribution in [2.45, 2.75) is 20.8 Å². The number of rotatable bonds is 10. The van der Waals surface area contributed by atoms with Crippen LogP contribution in [0.25, 0.3) is 0 Å². The van der Waals surface area contributed by atoms with E-state index in [1.54, 1.807) is 47.4 Å². The van der Waals surface area contributed by atoms with Crippen LogP contribution in [0.1, 0.15) is 36.7 Å². The van der Waals surface area contributed by atoms with Crippen LogP contribution in [0, 0.1) is 0 Å². The van der Waals surface area contributed by atoms with E-state index in [4.69, 9.17) is 15.2 Å². The van der Waals surface area contributed by atoms with Crippen LogP contribution in [-0.4, -0.2) is 49.2 Å². The van der Waals surface area contributed by atoms with Crippen molar-refractivity contribution in [3.63, 3.8) is 0 Å². The highest BCUT2D eigenvalue weighted by Crippen LogP contribution is 2.28. The molecule has 0 saturated carbocycles. The quantitative estimate of drug-likeness (QED) is 0.354. The number of anilines is 1. The van der Waals surface area contributed by atoms with Crippen molar-refractivity contribution in [1.29, 1.82) is 0 Å². The molecule has 0 atom stereocenters. The highest BCUT2D eigenvalue weighted by molar-refractivity contribution is 5.99. The van der Waals surface area contributed by atoms with Crippen molar-refractivity contribution < 1.29 is 19.1 Å². The largest absolute Gasteiger partial charge is 0.490 e. The van der Waals surface area contributed by atoms with Gasteiger partial charge in [-0.2, -0.15) is 5.10 Å². The zero-order chi connectivity index (χ0) is 21.9. The summed E-state index contributed by atoms with van der Waals surface area (Å²) in [6.07, 6.45) is 1.49. The second kappa shape index (κ2) is 11.5. The summed E-state index contributed by atoms with van der Waals surface area (Å²) in [5, 5.41) is 3.97. The third-order valence-corrected chi connectivity index (χ3v) is 4.32. The number of nitrogens with two attached hydrogens (primary N) is 1. The summed E-state index contributed by atoms with van der Waals surface area (Å²) in [5.41, 5.74) is 9.67. The number of para-hydroxylation sites is 1. The number of nitrogens with one attached hydrogen (secondary N) is 1. The van der Waals surface area contributed by atoms with Crippen molar-refractivity contribution in [2.75, 3.05) is 32.0 Å². The number of hydrazone groups is 1. The number of ether oxygens (including phenoxy) is 2. The molecule has 2 aromatic carbocycles. The predicted molar refractivity (Wildman–Crippen MR) is 117 cm³/mol. The van der Waals surface area contributed by atoms with Gasteiger partial charge in [-0.3, -0.25) is 9.59 Å². The van der Waals surface area contributed by atoms with Crippen LogP contribution in [0.4, 0.5) is 5.69 Å². The molecule has 0 heterocycles. The molecule has 160 valence electrons. The Bertz CT molecular complexity index is 894. The highest BCUT2D eigenvalue weighted by atomic mass is 16.5. The van der Waals surface area contributed by atoms with Crippen molar-refractivity contribution in [3.8, 4) is 11.5 Å². The molecule has 0 saturated heterocycles. The monoisotopic (exact) mass is 412 g/mol. The van der Waals surface area contributed by atoms with Gasteiger partial charge in [-0.1, -0.05) is 12.1 Å². The molecule has 0 aliphatic heterocycles. The third-order valence-electron chi connectivity index (χ3n) is 4.32.